The number of H-pyrrole nitrogens is 1. The number of urea groups is 2. The molecule has 47 heavy (non-hydrogen) atoms. The number of methoxy groups -OCH3 is 1. The maximum Gasteiger partial charge on any atom is 0.362 e. The van der Waals surface area contributed by atoms with E-state index >= 15 is 0 Å². The zero-order valence-corrected chi connectivity index (χ0v) is 27.8. The van der Waals surface area contributed by atoms with Crippen molar-refractivity contribution in [3.63, 3.8) is 0 Å². The minimum Gasteiger partial charge on any atom is -0.494 e. The lowest BCUT2D eigenvalue weighted by molar-refractivity contribution is -0.145. The maximum absolute atomic E-state index is 12.0. The molecule has 2 fully saturated rings. The first-order valence-electron chi connectivity index (χ1n) is 16.9. The number of carbonyl (C=O) groups excluding carboxylic acids is 3. The number of benzene rings is 1. The number of nitrogens with zero attached hydrogens (tertiary/aromatic N) is 5. The number of hydrogen-bond donors (Lipinski definition) is 2. The van der Waals surface area contributed by atoms with E-state index in [1.165, 1.54) is 7.11 Å². The van der Waals surface area contributed by atoms with E-state index in [-0.39, 0.29) is 23.9 Å². The molecule has 3 aromatic rings. The zero-order valence-electron chi connectivity index (χ0n) is 27.8. The summed E-state index contributed by atoms with van der Waals surface area (Å²) < 4.78 is 10.8. The molecule has 0 saturated carbocycles. The third kappa shape index (κ3) is 11.7. The maximum atomic E-state index is 12.0. The van der Waals surface area contributed by atoms with Crippen LogP contribution in [0, 0.1) is 5.92 Å². The average molecular weight is 648 g/mol. The van der Waals surface area contributed by atoms with E-state index in [1.54, 1.807) is 16.0 Å². The molecule has 5 rings (SSSR count). The molecule has 4 heterocycles. The number of likely N-dealkylation sites (tertiary alicyclic amines) is 2. The summed E-state index contributed by atoms with van der Waals surface area (Å²) in [6, 6.07) is 13.2. The van der Waals surface area contributed by atoms with E-state index in [0.29, 0.717) is 13.0 Å². The molecule has 0 spiro atoms. The van der Waals surface area contributed by atoms with Gasteiger partial charge in [-0.1, -0.05) is 29.6 Å². The number of azo groups is 1. The predicted octanol–water partition coefficient (Wildman–Crippen LogP) is 7.23. The molecule has 254 valence electrons. The highest BCUT2D eigenvalue weighted by Crippen LogP contribution is 2.24. The summed E-state index contributed by atoms with van der Waals surface area (Å²) in [5.74, 6) is 1.47. The first-order valence-corrected chi connectivity index (χ1v) is 16.9. The second kappa shape index (κ2) is 19.2. The van der Waals surface area contributed by atoms with Gasteiger partial charge in [0, 0.05) is 61.9 Å². The van der Waals surface area contributed by atoms with Crippen LogP contribution in [0.15, 0.2) is 58.9 Å². The van der Waals surface area contributed by atoms with Gasteiger partial charge in [0.15, 0.2) is 0 Å². The van der Waals surface area contributed by atoms with Crippen LogP contribution >= 0.6 is 0 Å². The summed E-state index contributed by atoms with van der Waals surface area (Å²) in [5, 5.41) is 11.4. The van der Waals surface area contributed by atoms with Crippen LogP contribution in [0.2, 0.25) is 0 Å². The molecule has 12 nitrogen and oxygen atoms in total. The highest BCUT2D eigenvalue weighted by Gasteiger charge is 2.20. The van der Waals surface area contributed by atoms with E-state index < -0.39 is 0 Å². The second-order valence-electron chi connectivity index (χ2n) is 12.0. The number of esters is 1. The van der Waals surface area contributed by atoms with Crippen LogP contribution in [-0.2, 0) is 16.0 Å². The Balaban J connectivity index is 0.000000238. The van der Waals surface area contributed by atoms with Crippen molar-refractivity contribution in [3.05, 3.63) is 54.4 Å². The number of nitrogens with one attached hydrogen (secondary N) is 2. The molecule has 1 atom stereocenters. The Bertz CT molecular complexity index is 1400. The Morgan fingerprint density at radius 2 is 1.62 bits per heavy atom. The first-order chi connectivity index (χ1) is 23.0. The topological polar surface area (TPSA) is 142 Å². The van der Waals surface area contributed by atoms with Crippen molar-refractivity contribution < 1.29 is 23.9 Å². The van der Waals surface area contributed by atoms with Gasteiger partial charge in [-0.25, -0.2) is 14.6 Å². The lowest BCUT2D eigenvalue weighted by Gasteiger charge is -2.25. The normalized spacial score (nSPS) is 15.5. The van der Waals surface area contributed by atoms with E-state index in [1.807, 2.05) is 36.4 Å². The van der Waals surface area contributed by atoms with Crippen molar-refractivity contribution in [2.24, 2.45) is 16.1 Å². The van der Waals surface area contributed by atoms with E-state index in [0.717, 1.165) is 119 Å². The first kappa shape index (κ1) is 35.4. The Morgan fingerprint density at radius 1 is 0.936 bits per heavy atom. The molecule has 4 amide bonds. The quantitative estimate of drug-likeness (QED) is 0.127. The predicted molar refractivity (Wildman–Crippen MR) is 182 cm³/mol. The monoisotopic (exact) mass is 647 g/mol. The average Bonchev–Trinajstić information content (AvgIpc) is 3.53. The summed E-state index contributed by atoms with van der Waals surface area (Å²) in [6.07, 6.45) is 11.5. The van der Waals surface area contributed by atoms with Crippen LogP contribution in [-0.4, -0.2) is 84.2 Å². The molecule has 1 aromatic carbocycles. The number of anilines is 1. The number of aromatic amines is 1. The SMILES string of the molecule is CCCC(Cc1cc2cc(OCCCNc3ccccn3)ccc2[nH]1)C(=O)OC.O=C(N=NC(=O)N1CCCCC1)N1CCCCC1. The summed E-state index contributed by atoms with van der Waals surface area (Å²) in [5.41, 5.74) is 2.09. The number of rotatable bonds is 11. The van der Waals surface area contributed by atoms with E-state index in [9.17, 15) is 14.4 Å². The molecule has 0 bridgehead atoms. The lowest BCUT2D eigenvalue weighted by Crippen LogP contribution is -2.35. The van der Waals surface area contributed by atoms with Gasteiger partial charge < -0.3 is 29.6 Å². The molecule has 1 unspecified atom stereocenters. The van der Waals surface area contributed by atoms with Gasteiger partial charge in [-0.3, -0.25) is 4.79 Å². The molecular weight excluding hydrogens is 598 g/mol. The van der Waals surface area contributed by atoms with E-state index in [2.05, 4.69) is 38.5 Å². The summed E-state index contributed by atoms with van der Waals surface area (Å²) >= 11 is 0. The number of aromatic nitrogens is 2. The lowest BCUT2D eigenvalue weighted by atomic mass is 9.98. The number of hydrogen-bond acceptors (Lipinski definition) is 7. The number of fused-ring (bicyclic) bond motifs is 1. The fourth-order valence-electron chi connectivity index (χ4n) is 5.78. The molecule has 2 aliphatic heterocycles. The molecule has 2 aromatic heterocycles. The molecule has 0 aliphatic carbocycles. The van der Waals surface area contributed by atoms with Crippen LogP contribution in [0.25, 0.3) is 10.9 Å². The number of amides is 4. The van der Waals surface area contributed by atoms with Crippen molar-refractivity contribution in [1.82, 2.24) is 19.8 Å². The smallest absolute Gasteiger partial charge is 0.362 e. The summed E-state index contributed by atoms with van der Waals surface area (Å²) in [7, 11) is 1.45. The molecular formula is C35H49N7O5. The third-order valence-corrected chi connectivity index (χ3v) is 8.32. The minimum absolute atomic E-state index is 0.111. The zero-order chi connectivity index (χ0) is 33.3. The molecule has 0 radical (unpaired) electrons. The largest absolute Gasteiger partial charge is 0.494 e. The molecule has 2 N–H and O–H groups in total. The standard InChI is InChI=1S/C23H29N3O3.C12H20N4O2/c1-3-7-17(23(27)28-2)14-19-15-18-16-20(9-10-21(18)26-19)29-13-6-12-25-22-8-4-5-11-24-22;17-11(15-7-3-1-4-8-15)13-14-12(18)16-9-5-2-6-10-16/h4-5,8-11,15-17,26H,3,6-7,12-14H2,1-2H3,(H,24,25);1-10H2. The van der Waals surface area contributed by atoms with Gasteiger partial charge in [0.2, 0.25) is 0 Å². The number of ether oxygens (including phenoxy) is 2. The Labute approximate surface area is 277 Å². The summed E-state index contributed by atoms with van der Waals surface area (Å²) in [4.78, 5) is 46.3. The minimum atomic E-state index is -0.375. The molecule has 2 aliphatic rings. The van der Waals surface area contributed by atoms with Crippen molar-refractivity contribution in [3.8, 4) is 5.75 Å². The van der Waals surface area contributed by atoms with Gasteiger partial charge in [0.05, 0.1) is 19.6 Å². The van der Waals surface area contributed by atoms with Crippen LogP contribution in [0.5, 0.6) is 5.75 Å². The highest BCUT2D eigenvalue weighted by molar-refractivity contribution is 5.82. The Hall–Kier alpha value is -4.48. The van der Waals surface area contributed by atoms with Crippen LogP contribution in [0.3, 0.4) is 0 Å². The number of pyridine rings is 1. The van der Waals surface area contributed by atoms with Crippen molar-refractivity contribution in [2.75, 3.05) is 51.8 Å². The van der Waals surface area contributed by atoms with Crippen molar-refractivity contribution >= 4 is 34.8 Å². The Kier molecular flexibility index (Phi) is 14.5. The molecule has 2 saturated heterocycles. The van der Waals surface area contributed by atoms with Gasteiger partial charge in [0.25, 0.3) is 0 Å². The van der Waals surface area contributed by atoms with E-state index in [4.69, 9.17) is 9.47 Å². The van der Waals surface area contributed by atoms with Crippen LogP contribution in [0.4, 0.5) is 15.4 Å². The van der Waals surface area contributed by atoms with Gasteiger partial charge in [-0.05, 0) is 87.8 Å². The van der Waals surface area contributed by atoms with Crippen molar-refractivity contribution in [2.45, 2.75) is 71.1 Å². The fourth-order valence-corrected chi connectivity index (χ4v) is 5.78. The number of piperidine rings is 2. The van der Waals surface area contributed by atoms with Crippen LogP contribution < -0.4 is 10.1 Å². The number of carbonyl (C=O) groups is 3. The molecule has 12 heteroatoms. The fraction of sp³-hybridized carbons (Fsp3) is 0.543. The Morgan fingerprint density at radius 3 is 2.21 bits per heavy atom. The highest BCUT2D eigenvalue weighted by atomic mass is 16.5. The van der Waals surface area contributed by atoms with Crippen molar-refractivity contribution in [1.29, 1.82) is 0 Å². The summed E-state index contributed by atoms with van der Waals surface area (Å²) in [6.45, 7) is 6.44. The third-order valence-electron chi connectivity index (χ3n) is 8.32. The van der Waals surface area contributed by atoms with Crippen LogP contribution in [0.1, 0.15) is 70.4 Å². The van der Waals surface area contributed by atoms with Gasteiger partial charge in [0.1, 0.15) is 11.6 Å². The second-order valence-corrected chi connectivity index (χ2v) is 12.0. The van der Waals surface area contributed by atoms with Gasteiger partial charge >= 0.3 is 18.0 Å². The van der Waals surface area contributed by atoms with Gasteiger partial charge in [-0.15, -0.1) is 0 Å². The van der Waals surface area contributed by atoms with Gasteiger partial charge in [-0.2, -0.15) is 0 Å².